The van der Waals surface area contributed by atoms with E-state index in [1.165, 1.54) is 26.2 Å². The summed E-state index contributed by atoms with van der Waals surface area (Å²) in [4.78, 5) is 47.9. The van der Waals surface area contributed by atoms with E-state index in [1.54, 1.807) is 0 Å². The average Bonchev–Trinajstić information content (AvgIpc) is 3.10. The molecular weight excluding hydrogens is 358 g/mol. The van der Waals surface area contributed by atoms with E-state index >= 15 is 0 Å². The molecule has 138 valence electrons. The Morgan fingerprint density at radius 1 is 1.04 bits per heavy atom. The zero-order chi connectivity index (χ0) is 19.9. The number of imide groups is 2. The minimum Gasteiger partial charge on any atom is -0.872 e. The molecule has 0 radical (unpaired) electrons. The molecular formula is C17H12N3O7-. The molecule has 0 bridgehead atoms. The van der Waals surface area contributed by atoms with Gasteiger partial charge < -0.3 is 9.52 Å². The van der Waals surface area contributed by atoms with Crippen LogP contribution in [0, 0.1) is 10.1 Å². The van der Waals surface area contributed by atoms with Crippen LogP contribution < -0.4 is 5.11 Å². The third-order valence-electron chi connectivity index (χ3n) is 4.00. The monoisotopic (exact) mass is 370 g/mol. The van der Waals surface area contributed by atoms with Crippen LogP contribution in [0.3, 0.4) is 0 Å². The molecule has 1 aliphatic heterocycles. The van der Waals surface area contributed by atoms with E-state index < -0.39 is 28.5 Å². The highest BCUT2D eigenvalue weighted by Crippen LogP contribution is 2.32. The van der Waals surface area contributed by atoms with Crippen LogP contribution in [0.25, 0.3) is 17.4 Å². The summed E-state index contributed by atoms with van der Waals surface area (Å²) in [7, 11) is 2.48. The summed E-state index contributed by atoms with van der Waals surface area (Å²) < 4.78 is 5.46. The Hall–Kier alpha value is -3.95. The van der Waals surface area contributed by atoms with Gasteiger partial charge in [-0.25, -0.2) is 4.79 Å². The summed E-state index contributed by atoms with van der Waals surface area (Å²) in [5, 5.41) is 22.8. The number of nitro groups is 1. The number of non-ortho nitro benzene ring substituents is 1. The maximum absolute atomic E-state index is 12.2. The normalized spacial score (nSPS) is 14.7. The van der Waals surface area contributed by atoms with Gasteiger partial charge in [0.15, 0.2) is 0 Å². The fraction of sp³-hybridized carbons (Fsp3) is 0.118. The first kappa shape index (κ1) is 17.9. The third kappa shape index (κ3) is 3.03. The first-order valence-electron chi connectivity index (χ1n) is 7.58. The molecule has 1 aliphatic rings. The van der Waals surface area contributed by atoms with Crippen molar-refractivity contribution in [3.8, 4) is 17.1 Å². The highest BCUT2D eigenvalue weighted by atomic mass is 16.6. The lowest BCUT2D eigenvalue weighted by Crippen LogP contribution is -2.52. The van der Waals surface area contributed by atoms with E-state index in [2.05, 4.69) is 0 Å². The summed E-state index contributed by atoms with van der Waals surface area (Å²) in [6, 6.07) is 5.25. The Labute approximate surface area is 152 Å². The molecule has 10 nitrogen and oxygen atoms in total. The van der Waals surface area contributed by atoms with Crippen LogP contribution in [0.4, 0.5) is 10.5 Å². The number of nitrogens with zero attached hydrogens (tertiary/aromatic N) is 3. The third-order valence-corrected chi connectivity index (χ3v) is 4.00. The maximum Gasteiger partial charge on any atom is 0.333 e. The predicted octanol–water partition coefficient (Wildman–Crippen LogP) is 1.36. The molecule has 0 aliphatic carbocycles. The van der Waals surface area contributed by atoms with E-state index in [4.69, 9.17) is 4.42 Å². The Kier molecular flexibility index (Phi) is 4.24. The molecule has 3 rings (SSSR count). The average molecular weight is 370 g/mol. The Balaban J connectivity index is 1.99. The molecule has 1 aromatic heterocycles. The molecule has 4 amide bonds. The molecule has 0 spiro atoms. The van der Waals surface area contributed by atoms with Gasteiger partial charge in [-0.2, -0.15) is 0 Å². The number of rotatable bonds is 3. The fourth-order valence-corrected chi connectivity index (χ4v) is 2.52. The summed E-state index contributed by atoms with van der Waals surface area (Å²) in [6.45, 7) is 0. The number of hydrogen-bond donors (Lipinski definition) is 0. The van der Waals surface area contributed by atoms with Crippen LogP contribution in [0.5, 0.6) is 5.75 Å². The first-order valence-corrected chi connectivity index (χ1v) is 7.58. The largest absolute Gasteiger partial charge is 0.872 e. The van der Waals surface area contributed by atoms with Gasteiger partial charge in [0, 0.05) is 31.8 Å². The molecule has 2 aromatic rings. The van der Waals surface area contributed by atoms with Crippen LogP contribution in [-0.2, 0) is 9.59 Å². The molecule has 1 fully saturated rings. The maximum atomic E-state index is 12.2. The Morgan fingerprint density at radius 2 is 1.67 bits per heavy atom. The summed E-state index contributed by atoms with van der Waals surface area (Å²) in [5.74, 6) is -1.95. The van der Waals surface area contributed by atoms with Gasteiger partial charge in [0.2, 0.25) is 0 Å². The van der Waals surface area contributed by atoms with Crippen LogP contribution in [0.2, 0.25) is 0 Å². The lowest BCUT2D eigenvalue weighted by Gasteiger charge is -2.28. The molecule has 27 heavy (non-hydrogen) atoms. The lowest BCUT2D eigenvalue weighted by atomic mass is 10.1. The van der Waals surface area contributed by atoms with Gasteiger partial charge in [-0.1, -0.05) is 11.8 Å². The minimum absolute atomic E-state index is 0.0282. The number of amides is 4. The van der Waals surface area contributed by atoms with Crippen molar-refractivity contribution in [3.63, 3.8) is 0 Å². The highest BCUT2D eigenvalue weighted by Gasteiger charge is 2.38. The first-order chi connectivity index (χ1) is 12.7. The molecule has 1 aromatic carbocycles. The summed E-state index contributed by atoms with van der Waals surface area (Å²) in [5.41, 5.74) is -0.596. The van der Waals surface area contributed by atoms with Crippen LogP contribution in [0.1, 0.15) is 5.76 Å². The Morgan fingerprint density at radius 3 is 2.26 bits per heavy atom. The number of carbonyl (C=O) groups is 3. The molecule has 1 saturated heterocycles. The van der Waals surface area contributed by atoms with Gasteiger partial charge in [-0.3, -0.25) is 29.5 Å². The van der Waals surface area contributed by atoms with E-state index in [9.17, 15) is 29.6 Å². The number of furan rings is 1. The standard InChI is InChI=1S/C17H13N3O7/c1-18-15(22)12(16(23)19(2)17(18)24)8-10-4-6-14(27-10)11-7-9(20(25)26)3-5-13(11)21/h3-8,21H,1-2H3/p-1. The Bertz CT molecular complexity index is 995. The SMILES string of the molecule is CN1C(=O)C(=Cc2ccc(-c3cc([N+](=O)[O-])ccc3[O-])o2)C(=O)N(C)C1=O. The molecule has 0 atom stereocenters. The second kappa shape index (κ2) is 6.41. The molecule has 2 heterocycles. The van der Waals surface area contributed by atoms with Crippen LogP contribution in [-0.4, -0.2) is 46.7 Å². The number of hydrogen-bond acceptors (Lipinski definition) is 7. The van der Waals surface area contributed by atoms with Crippen molar-refractivity contribution in [1.29, 1.82) is 0 Å². The van der Waals surface area contributed by atoms with E-state index in [0.29, 0.717) is 0 Å². The number of urea groups is 1. The number of likely N-dealkylation sites (N-methyl/N-ethyl adjacent to an activating group) is 2. The van der Waals surface area contributed by atoms with Crippen molar-refractivity contribution in [2.45, 2.75) is 0 Å². The van der Waals surface area contributed by atoms with E-state index in [1.807, 2.05) is 0 Å². The van der Waals surface area contributed by atoms with Crippen molar-refractivity contribution in [3.05, 3.63) is 51.8 Å². The smallest absolute Gasteiger partial charge is 0.333 e. The van der Waals surface area contributed by atoms with Gasteiger partial charge in [0.05, 0.1) is 4.92 Å². The second-order valence-corrected chi connectivity index (χ2v) is 5.71. The second-order valence-electron chi connectivity index (χ2n) is 5.71. The van der Waals surface area contributed by atoms with Gasteiger partial charge in [-0.15, -0.1) is 0 Å². The van der Waals surface area contributed by atoms with Gasteiger partial charge in [0.1, 0.15) is 17.1 Å². The van der Waals surface area contributed by atoms with Crippen LogP contribution in [0.15, 0.2) is 40.3 Å². The minimum atomic E-state index is -0.791. The highest BCUT2D eigenvalue weighted by molar-refractivity contribution is 6.30. The zero-order valence-electron chi connectivity index (χ0n) is 14.2. The number of benzene rings is 1. The predicted molar refractivity (Wildman–Crippen MR) is 89.2 cm³/mol. The number of barbiturate groups is 1. The quantitative estimate of drug-likeness (QED) is 0.344. The molecule has 0 saturated carbocycles. The van der Waals surface area contributed by atoms with Crippen molar-refractivity contribution in [2.24, 2.45) is 0 Å². The topological polar surface area (TPSA) is 137 Å². The van der Waals surface area contributed by atoms with Crippen molar-refractivity contribution in [1.82, 2.24) is 9.80 Å². The van der Waals surface area contributed by atoms with Gasteiger partial charge in [-0.05, 0) is 18.2 Å². The van der Waals surface area contributed by atoms with Gasteiger partial charge in [0.25, 0.3) is 17.5 Å². The lowest BCUT2D eigenvalue weighted by molar-refractivity contribution is -0.385. The summed E-state index contributed by atoms with van der Waals surface area (Å²) in [6.07, 6.45) is 1.15. The fourth-order valence-electron chi connectivity index (χ4n) is 2.52. The van der Waals surface area contributed by atoms with E-state index in [0.717, 1.165) is 34.1 Å². The zero-order valence-corrected chi connectivity index (χ0v) is 14.2. The number of carbonyl (C=O) groups excluding carboxylic acids is 3. The molecule has 0 unspecified atom stereocenters. The van der Waals surface area contributed by atoms with Gasteiger partial charge >= 0.3 is 6.03 Å². The van der Waals surface area contributed by atoms with Crippen molar-refractivity contribution >= 4 is 29.6 Å². The summed E-state index contributed by atoms with van der Waals surface area (Å²) >= 11 is 0. The van der Waals surface area contributed by atoms with Crippen molar-refractivity contribution < 1.29 is 28.8 Å². The van der Waals surface area contributed by atoms with Crippen molar-refractivity contribution in [2.75, 3.05) is 14.1 Å². The molecule has 10 heteroatoms. The van der Waals surface area contributed by atoms with E-state index in [-0.39, 0.29) is 28.3 Å². The molecule has 0 N–H and O–H groups in total. The number of nitro benzene ring substituents is 1. The van der Waals surface area contributed by atoms with Crippen LogP contribution >= 0.6 is 0 Å².